The van der Waals surface area contributed by atoms with Gasteiger partial charge in [0.1, 0.15) is 10.6 Å². The fourth-order valence-corrected chi connectivity index (χ4v) is 3.40. The van der Waals surface area contributed by atoms with Gasteiger partial charge >= 0.3 is 0 Å². The lowest BCUT2D eigenvalue weighted by Gasteiger charge is -2.09. The number of nitrogens with one attached hydrogen (secondary N) is 2. The van der Waals surface area contributed by atoms with Crippen LogP contribution < -0.4 is 10.6 Å². The number of aromatic nitrogens is 2. The molecule has 0 spiro atoms. The maximum atomic E-state index is 4.67. The van der Waals surface area contributed by atoms with Gasteiger partial charge < -0.3 is 10.6 Å². The third-order valence-corrected chi connectivity index (χ3v) is 4.76. The normalized spacial score (nSPS) is 21.1. The lowest BCUT2D eigenvalue weighted by atomic mass is 10.3. The van der Waals surface area contributed by atoms with E-state index in [4.69, 9.17) is 0 Å². The van der Waals surface area contributed by atoms with Crippen LogP contribution in [0.5, 0.6) is 0 Å². The number of hydrogen-bond acceptors (Lipinski definition) is 5. The molecule has 1 aliphatic rings. The standard InChI is InChI=1S/C15H22N4S/c1-4-6-16-15-18-13(17-12-8-10(12)5-2)11-7-9(3)20-14(11)19-15/h7,10,12H,4-6,8H2,1-3H3,(H2,16,17,18,19). The quantitative estimate of drug-likeness (QED) is 0.843. The SMILES string of the molecule is CCCNc1nc(NC2CC2CC)c2cc(C)sc2n1. The summed E-state index contributed by atoms with van der Waals surface area (Å²) in [6, 6.07) is 2.78. The number of hydrogen-bond donors (Lipinski definition) is 2. The fraction of sp³-hybridized carbons (Fsp3) is 0.600. The van der Waals surface area contributed by atoms with E-state index in [0.29, 0.717) is 6.04 Å². The predicted molar refractivity (Wildman–Crippen MR) is 86.7 cm³/mol. The van der Waals surface area contributed by atoms with Crippen LogP contribution in [0.25, 0.3) is 10.2 Å². The van der Waals surface area contributed by atoms with Crippen molar-refractivity contribution in [3.05, 3.63) is 10.9 Å². The molecular weight excluding hydrogens is 268 g/mol. The van der Waals surface area contributed by atoms with Crippen molar-refractivity contribution in [1.29, 1.82) is 0 Å². The molecule has 0 bridgehead atoms. The van der Waals surface area contributed by atoms with E-state index in [0.717, 1.165) is 40.9 Å². The molecule has 1 fully saturated rings. The summed E-state index contributed by atoms with van der Waals surface area (Å²) in [6.45, 7) is 7.44. The first-order chi connectivity index (χ1) is 9.71. The van der Waals surface area contributed by atoms with Gasteiger partial charge in [-0.3, -0.25) is 0 Å². The van der Waals surface area contributed by atoms with Crippen molar-refractivity contribution in [3.63, 3.8) is 0 Å². The Kier molecular flexibility index (Phi) is 3.78. The summed E-state index contributed by atoms with van der Waals surface area (Å²) >= 11 is 1.74. The summed E-state index contributed by atoms with van der Waals surface area (Å²) in [5.41, 5.74) is 0. The van der Waals surface area contributed by atoms with Gasteiger partial charge in [0.25, 0.3) is 0 Å². The summed E-state index contributed by atoms with van der Waals surface area (Å²) in [5, 5.41) is 8.07. The minimum absolute atomic E-state index is 0.595. The highest BCUT2D eigenvalue weighted by atomic mass is 32.1. The van der Waals surface area contributed by atoms with Crippen molar-refractivity contribution in [2.75, 3.05) is 17.2 Å². The van der Waals surface area contributed by atoms with Crippen molar-refractivity contribution in [3.8, 4) is 0 Å². The molecule has 2 atom stereocenters. The summed E-state index contributed by atoms with van der Waals surface area (Å²) < 4.78 is 0. The molecule has 2 aromatic rings. The lowest BCUT2D eigenvalue weighted by molar-refractivity contribution is 0.773. The second-order valence-corrected chi connectivity index (χ2v) is 6.79. The monoisotopic (exact) mass is 290 g/mol. The largest absolute Gasteiger partial charge is 0.366 e. The van der Waals surface area contributed by atoms with Gasteiger partial charge in [0.15, 0.2) is 0 Å². The molecule has 2 heterocycles. The van der Waals surface area contributed by atoms with Gasteiger partial charge in [0.05, 0.1) is 5.39 Å². The average Bonchev–Trinajstić information content (AvgIpc) is 3.07. The van der Waals surface area contributed by atoms with Crippen molar-refractivity contribution < 1.29 is 0 Å². The molecule has 2 aromatic heterocycles. The maximum absolute atomic E-state index is 4.67. The van der Waals surface area contributed by atoms with Gasteiger partial charge in [-0.1, -0.05) is 20.3 Å². The minimum Gasteiger partial charge on any atom is -0.366 e. The van der Waals surface area contributed by atoms with Crippen LogP contribution in [-0.2, 0) is 0 Å². The second kappa shape index (κ2) is 5.56. The van der Waals surface area contributed by atoms with Crippen LogP contribution in [0.15, 0.2) is 6.07 Å². The highest BCUT2D eigenvalue weighted by molar-refractivity contribution is 7.18. The lowest BCUT2D eigenvalue weighted by Crippen LogP contribution is -2.10. The van der Waals surface area contributed by atoms with E-state index < -0.39 is 0 Å². The number of thiophene rings is 1. The van der Waals surface area contributed by atoms with Crippen LogP contribution in [0.4, 0.5) is 11.8 Å². The molecule has 0 saturated heterocycles. The van der Waals surface area contributed by atoms with Gasteiger partial charge in [-0.25, -0.2) is 4.98 Å². The molecule has 108 valence electrons. The van der Waals surface area contributed by atoms with E-state index in [2.05, 4.69) is 47.4 Å². The van der Waals surface area contributed by atoms with Crippen LogP contribution in [0.3, 0.4) is 0 Å². The van der Waals surface area contributed by atoms with Crippen LogP contribution >= 0.6 is 11.3 Å². The molecule has 2 unspecified atom stereocenters. The Labute approximate surface area is 124 Å². The Morgan fingerprint density at radius 2 is 2.20 bits per heavy atom. The molecule has 0 radical (unpaired) electrons. The Bertz CT molecular complexity index is 607. The Morgan fingerprint density at radius 3 is 2.90 bits per heavy atom. The van der Waals surface area contributed by atoms with Crippen LogP contribution in [0, 0.1) is 12.8 Å². The van der Waals surface area contributed by atoms with Crippen molar-refractivity contribution in [2.24, 2.45) is 5.92 Å². The van der Waals surface area contributed by atoms with Crippen molar-refractivity contribution in [2.45, 2.75) is 46.1 Å². The Morgan fingerprint density at radius 1 is 1.35 bits per heavy atom. The Balaban J connectivity index is 1.90. The molecular formula is C15H22N4S. The first-order valence-electron chi connectivity index (χ1n) is 7.49. The summed E-state index contributed by atoms with van der Waals surface area (Å²) in [5.74, 6) is 2.56. The number of rotatable bonds is 6. The first-order valence-corrected chi connectivity index (χ1v) is 8.31. The molecule has 0 amide bonds. The van der Waals surface area contributed by atoms with Gasteiger partial charge in [-0.05, 0) is 31.7 Å². The summed E-state index contributed by atoms with van der Waals surface area (Å²) in [7, 11) is 0. The van der Waals surface area contributed by atoms with Gasteiger partial charge in [-0.15, -0.1) is 11.3 Å². The van der Waals surface area contributed by atoms with E-state index in [-0.39, 0.29) is 0 Å². The molecule has 1 saturated carbocycles. The fourth-order valence-electron chi connectivity index (χ4n) is 2.52. The molecule has 2 N–H and O–H groups in total. The zero-order valence-electron chi connectivity index (χ0n) is 12.4. The third-order valence-electron chi connectivity index (χ3n) is 3.82. The average molecular weight is 290 g/mol. The molecule has 0 aromatic carbocycles. The molecule has 4 nitrogen and oxygen atoms in total. The highest BCUT2D eigenvalue weighted by Crippen LogP contribution is 2.38. The maximum Gasteiger partial charge on any atom is 0.226 e. The van der Waals surface area contributed by atoms with E-state index in [1.165, 1.54) is 17.7 Å². The Hall–Kier alpha value is -1.36. The molecule has 1 aliphatic carbocycles. The van der Waals surface area contributed by atoms with Gasteiger partial charge in [0.2, 0.25) is 5.95 Å². The van der Waals surface area contributed by atoms with Crippen molar-refractivity contribution >= 4 is 33.3 Å². The second-order valence-electron chi connectivity index (χ2n) is 5.55. The van der Waals surface area contributed by atoms with Crippen molar-refractivity contribution in [1.82, 2.24) is 9.97 Å². The van der Waals surface area contributed by atoms with E-state index in [9.17, 15) is 0 Å². The van der Waals surface area contributed by atoms with Crippen LogP contribution in [0.2, 0.25) is 0 Å². The first kappa shape index (κ1) is 13.6. The zero-order valence-corrected chi connectivity index (χ0v) is 13.2. The molecule has 3 rings (SSSR count). The topological polar surface area (TPSA) is 49.8 Å². The number of nitrogens with zero attached hydrogens (tertiary/aromatic N) is 2. The number of fused-ring (bicyclic) bond motifs is 1. The van der Waals surface area contributed by atoms with E-state index in [1.807, 2.05) is 0 Å². The van der Waals surface area contributed by atoms with Crippen LogP contribution in [-0.4, -0.2) is 22.6 Å². The molecule has 5 heteroatoms. The smallest absolute Gasteiger partial charge is 0.226 e. The number of aryl methyl sites for hydroxylation is 1. The van der Waals surface area contributed by atoms with Gasteiger partial charge in [-0.2, -0.15) is 4.98 Å². The summed E-state index contributed by atoms with van der Waals surface area (Å²) in [6.07, 6.45) is 3.59. The summed E-state index contributed by atoms with van der Waals surface area (Å²) in [4.78, 5) is 11.7. The zero-order chi connectivity index (χ0) is 14.1. The highest BCUT2D eigenvalue weighted by Gasteiger charge is 2.35. The van der Waals surface area contributed by atoms with Gasteiger partial charge in [0, 0.05) is 17.5 Å². The third kappa shape index (κ3) is 2.73. The molecule has 0 aliphatic heterocycles. The molecule has 20 heavy (non-hydrogen) atoms. The van der Waals surface area contributed by atoms with E-state index >= 15 is 0 Å². The van der Waals surface area contributed by atoms with E-state index in [1.54, 1.807) is 11.3 Å². The number of anilines is 2. The predicted octanol–water partition coefficient (Wildman–Crippen LogP) is 4.03. The van der Waals surface area contributed by atoms with Crippen LogP contribution in [0.1, 0.15) is 38.0 Å². The minimum atomic E-state index is 0.595.